The molecule has 8 heavy (non-hydrogen) atoms. The molecule has 0 spiro atoms. The monoisotopic (exact) mass is 112 g/mol. The maximum absolute atomic E-state index is 7.89. The topological polar surface area (TPSA) is 54.6 Å². The van der Waals surface area contributed by atoms with Crippen LogP contribution < -0.4 is 0 Å². The molecule has 0 aromatic rings. The van der Waals surface area contributed by atoms with E-state index in [1.165, 1.54) is 6.26 Å². The highest BCUT2D eigenvalue weighted by molar-refractivity contribution is 5.69. The van der Waals surface area contributed by atoms with Crippen molar-refractivity contribution in [2.24, 2.45) is 4.99 Å². The van der Waals surface area contributed by atoms with Gasteiger partial charge in [-0.3, -0.25) is 0 Å². The number of hydrogen-bond acceptors (Lipinski definition) is 4. The van der Waals surface area contributed by atoms with Crippen molar-refractivity contribution < 1.29 is 9.47 Å². The van der Waals surface area contributed by atoms with Crippen LogP contribution in [0.1, 0.15) is 0 Å². The highest BCUT2D eigenvalue weighted by atomic mass is 16.7. The van der Waals surface area contributed by atoms with Crippen LogP contribution in [0.25, 0.3) is 0 Å². The van der Waals surface area contributed by atoms with Gasteiger partial charge in [-0.25, -0.2) is 4.99 Å². The van der Waals surface area contributed by atoms with Gasteiger partial charge in [0.2, 0.25) is 0 Å². The Balaban J connectivity index is 2.36. The van der Waals surface area contributed by atoms with Crippen LogP contribution in [0.4, 0.5) is 0 Å². The first-order valence-electron chi connectivity index (χ1n) is 2.16. The van der Waals surface area contributed by atoms with Crippen molar-refractivity contribution in [3.8, 4) is 6.26 Å². The van der Waals surface area contributed by atoms with E-state index in [0.717, 1.165) is 0 Å². The summed E-state index contributed by atoms with van der Waals surface area (Å²) < 4.78 is 8.93. The molecule has 0 saturated carbocycles. The van der Waals surface area contributed by atoms with Crippen LogP contribution in [0.5, 0.6) is 0 Å². The zero-order chi connectivity index (χ0) is 5.82. The van der Waals surface area contributed by atoms with E-state index in [-0.39, 0.29) is 6.08 Å². The maximum atomic E-state index is 7.89. The molecule has 0 aliphatic carbocycles. The zero-order valence-corrected chi connectivity index (χ0v) is 4.13. The Bertz CT molecular complexity index is 147. The second kappa shape index (κ2) is 2.17. The van der Waals surface area contributed by atoms with Gasteiger partial charge in [0.1, 0.15) is 6.61 Å². The summed E-state index contributed by atoms with van der Waals surface area (Å²) in [5.74, 6) is 0. The minimum atomic E-state index is 0.0903. The number of hydrogen-bond donors (Lipinski definition) is 0. The Labute approximate surface area is 46.3 Å². The van der Waals surface area contributed by atoms with E-state index in [0.29, 0.717) is 13.2 Å². The molecule has 0 unspecified atom stereocenters. The van der Waals surface area contributed by atoms with Crippen LogP contribution in [-0.4, -0.2) is 19.2 Å². The SMILES string of the molecule is N#COC1=NCCO1. The first-order chi connectivity index (χ1) is 3.93. The first-order valence-corrected chi connectivity index (χ1v) is 2.16. The van der Waals surface area contributed by atoms with Gasteiger partial charge in [-0.2, -0.15) is 0 Å². The fourth-order valence-corrected chi connectivity index (χ4v) is 0.416. The van der Waals surface area contributed by atoms with Gasteiger partial charge in [-0.1, -0.05) is 0 Å². The quantitative estimate of drug-likeness (QED) is 0.410. The van der Waals surface area contributed by atoms with Crippen LogP contribution >= 0.6 is 0 Å². The summed E-state index contributed by atoms with van der Waals surface area (Å²) >= 11 is 0. The Morgan fingerprint density at radius 1 is 1.88 bits per heavy atom. The molecule has 1 aliphatic rings. The summed E-state index contributed by atoms with van der Waals surface area (Å²) in [6.45, 7) is 1.12. The van der Waals surface area contributed by atoms with Crippen molar-refractivity contribution in [1.29, 1.82) is 5.26 Å². The minimum absolute atomic E-state index is 0.0903. The van der Waals surface area contributed by atoms with Gasteiger partial charge in [0.05, 0.1) is 6.54 Å². The maximum Gasteiger partial charge on any atom is 0.399 e. The van der Waals surface area contributed by atoms with E-state index < -0.39 is 0 Å². The Hall–Kier alpha value is -1.24. The first kappa shape index (κ1) is 4.91. The van der Waals surface area contributed by atoms with Crippen LogP contribution in [-0.2, 0) is 9.47 Å². The second-order valence-corrected chi connectivity index (χ2v) is 1.19. The van der Waals surface area contributed by atoms with Crippen molar-refractivity contribution in [1.82, 2.24) is 0 Å². The van der Waals surface area contributed by atoms with Crippen molar-refractivity contribution in [2.45, 2.75) is 0 Å². The number of nitrogens with zero attached hydrogens (tertiary/aromatic N) is 2. The van der Waals surface area contributed by atoms with Gasteiger partial charge >= 0.3 is 6.08 Å². The molecule has 0 fully saturated rings. The van der Waals surface area contributed by atoms with E-state index in [1.54, 1.807) is 0 Å². The predicted octanol–water partition coefficient (Wildman–Crippen LogP) is -0.130. The lowest BCUT2D eigenvalue weighted by molar-refractivity contribution is 0.259. The van der Waals surface area contributed by atoms with E-state index in [9.17, 15) is 0 Å². The molecule has 1 aliphatic heterocycles. The average molecular weight is 112 g/mol. The third kappa shape index (κ3) is 0.877. The molecule has 0 atom stereocenters. The molecule has 1 heterocycles. The summed E-state index contributed by atoms with van der Waals surface area (Å²) in [6.07, 6.45) is 1.54. The molecular weight excluding hydrogens is 108 g/mol. The Kier molecular flexibility index (Phi) is 1.33. The summed E-state index contributed by atoms with van der Waals surface area (Å²) in [7, 11) is 0. The van der Waals surface area contributed by atoms with E-state index in [1.807, 2.05) is 0 Å². The molecule has 0 radical (unpaired) electrons. The molecule has 42 valence electrons. The van der Waals surface area contributed by atoms with E-state index in [2.05, 4.69) is 9.73 Å². The number of rotatable bonds is 0. The van der Waals surface area contributed by atoms with Gasteiger partial charge in [0.25, 0.3) is 6.26 Å². The van der Waals surface area contributed by atoms with Crippen molar-refractivity contribution in [3.63, 3.8) is 0 Å². The Morgan fingerprint density at radius 2 is 2.75 bits per heavy atom. The third-order valence-electron chi connectivity index (χ3n) is 0.691. The van der Waals surface area contributed by atoms with Crippen molar-refractivity contribution in [2.75, 3.05) is 13.2 Å². The van der Waals surface area contributed by atoms with Gasteiger partial charge in [-0.15, -0.1) is 5.26 Å². The van der Waals surface area contributed by atoms with Gasteiger partial charge in [-0.05, 0) is 0 Å². The summed E-state index contributed by atoms with van der Waals surface area (Å²) in [4.78, 5) is 3.68. The summed E-state index contributed by atoms with van der Waals surface area (Å²) in [6, 6.07) is 0. The standard InChI is InChI=1S/C4H4N2O2/c5-3-8-4-6-1-2-7-4/h1-2H2. The van der Waals surface area contributed by atoms with Crippen LogP contribution in [0.3, 0.4) is 0 Å². The molecular formula is C4H4N2O2. The lowest BCUT2D eigenvalue weighted by Crippen LogP contribution is -1.99. The molecule has 0 aromatic carbocycles. The molecule has 0 bridgehead atoms. The van der Waals surface area contributed by atoms with E-state index in [4.69, 9.17) is 10.00 Å². The van der Waals surface area contributed by atoms with Crippen LogP contribution in [0, 0.1) is 11.5 Å². The lowest BCUT2D eigenvalue weighted by Gasteiger charge is -1.90. The highest BCUT2D eigenvalue weighted by Gasteiger charge is 2.06. The van der Waals surface area contributed by atoms with Crippen LogP contribution in [0.2, 0.25) is 0 Å². The molecule has 0 amide bonds. The number of ether oxygens (including phenoxy) is 2. The highest BCUT2D eigenvalue weighted by Crippen LogP contribution is 1.93. The zero-order valence-electron chi connectivity index (χ0n) is 4.13. The fraction of sp³-hybridized carbons (Fsp3) is 0.500. The van der Waals surface area contributed by atoms with Crippen molar-refractivity contribution >= 4 is 6.08 Å². The smallest absolute Gasteiger partial charge is 0.399 e. The fourth-order valence-electron chi connectivity index (χ4n) is 0.416. The second-order valence-electron chi connectivity index (χ2n) is 1.19. The Morgan fingerprint density at radius 3 is 3.25 bits per heavy atom. The van der Waals surface area contributed by atoms with Crippen molar-refractivity contribution in [3.05, 3.63) is 0 Å². The average Bonchev–Trinajstić information content (AvgIpc) is 2.19. The molecule has 4 nitrogen and oxygen atoms in total. The largest absolute Gasteiger partial charge is 0.448 e. The third-order valence-corrected chi connectivity index (χ3v) is 0.691. The van der Waals surface area contributed by atoms with E-state index >= 15 is 0 Å². The van der Waals surface area contributed by atoms with Gasteiger partial charge in [0, 0.05) is 0 Å². The van der Waals surface area contributed by atoms with Gasteiger partial charge in [0.15, 0.2) is 0 Å². The summed E-state index contributed by atoms with van der Waals surface area (Å²) in [5, 5.41) is 7.89. The minimum Gasteiger partial charge on any atom is -0.448 e. The molecule has 1 rings (SSSR count). The van der Waals surface area contributed by atoms with Crippen LogP contribution in [0.15, 0.2) is 4.99 Å². The summed E-state index contributed by atoms with van der Waals surface area (Å²) in [5.41, 5.74) is 0. The number of aliphatic imine (C=N–C) groups is 1. The molecule has 0 N–H and O–H groups in total. The molecule has 4 heteroatoms. The van der Waals surface area contributed by atoms with Gasteiger partial charge < -0.3 is 9.47 Å². The number of nitriles is 1. The molecule has 0 saturated heterocycles. The lowest BCUT2D eigenvalue weighted by atomic mass is 10.8. The predicted molar refractivity (Wildman–Crippen MR) is 25.0 cm³/mol. The molecule has 0 aromatic heterocycles. The normalized spacial score (nSPS) is 16.1.